The van der Waals surface area contributed by atoms with Gasteiger partial charge < -0.3 is 24.9 Å². The van der Waals surface area contributed by atoms with Crippen LogP contribution >= 0.6 is 0 Å². The van der Waals surface area contributed by atoms with E-state index in [9.17, 15) is 5.11 Å². The average molecular weight is 426 g/mol. The normalized spacial score (nSPS) is 22.8. The number of anilines is 1. The lowest BCUT2D eigenvalue weighted by Gasteiger charge is -2.42. The van der Waals surface area contributed by atoms with Gasteiger partial charge in [0.2, 0.25) is 0 Å². The van der Waals surface area contributed by atoms with Crippen LogP contribution in [-0.4, -0.2) is 51.9 Å². The summed E-state index contributed by atoms with van der Waals surface area (Å²) in [7, 11) is 0. The average Bonchev–Trinajstić information content (AvgIpc) is 3.34. The molecule has 2 aliphatic rings. The SMILES string of the molecule is C.Cc1nc(N2CCC3(CC2)CO[C@@H](C)[C@H]3N)c(CO)nc1-c1ccc2ncoc2c1. The first-order chi connectivity index (χ1) is 14.5. The van der Waals surface area contributed by atoms with Crippen LogP contribution in [0.3, 0.4) is 0 Å². The van der Waals surface area contributed by atoms with E-state index < -0.39 is 0 Å². The fourth-order valence-corrected chi connectivity index (χ4v) is 4.81. The van der Waals surface area contributed by atoms with Crippen molar-refractivity contribution in [2.24, 2.45) is 11.1 Å². The second kappa shape index (κ2) is 8.18. The Morgan fingerprint density at radius 1 is 1.26 bits per heavy atom. The van der Waals surface area contributed by atoms with E-state index in [1.54, 1.807) is 0 Å². The first-order valence-electron chi connectivity index (χ1n) is 10.4. The number of hydrogen-bond donors (Lipinski definition) is 2. The van der Waals surface area contributed by atoms with Gasteiger partial charge in [0.05, 0.1) is 30.7 Å². The molecule has 2 aromatic heterocycles. The Morgan fingerprint density at radius 2 is 2.03 bits per heavy atom. The van der Waals surface area contributed by atoms with E-state index in [0.29, 0.717) is 11.3 Å². The summed E-state index contributed by atoms with van der Waals surface area (Å²) in [5.74, 6) is 0.759. The number of hydrogen-bond acceptors (Lipinski definition) is 8. The highest BCUT2D eigenvalue weighted by Crippen LogP contribution is 2.42. The number of aliphatic hydroxyl groups is 1. The first-order valence-corrected chi connectivity index (χ1v) is 10.4. The van der Waals surface area contributed by atoms with Crippen molar-refractivity contribution >= 4 is 16.9 Å². The lowest BCUT2D eigenvalue weighted by atomic mass is 9.73. The molecule has 0 unspecified atom stereocenters. The number of aliphatic hydroxyl groups excluding tert-OH is 1. The van der Waals surface area contributed by atoms with Crippen molar-refractivity contribution in [3.05, 3.63) is 36.0 Å². The van der Waals surface area contributed by atoms with Gasteiger partial charge in [0.15, 0.2) is 17.8 Å². The van der Waals surface area contributed by atoms with Gasteiger partial charge in [-0.2, -0.15) is 0 Å². The minimum absolute atomic E-state index is 0. The highest BCUT2D eigenvalue weighted by molar-refractivity contribution is 5.79. The van der Waals surface area contributed by atoms with Crippen molar-refractivity contribution < 1.29 is 14.3 Å². The molecule has 166 valence electrons. The summed E-state index contributed by atoms with van der Waals surface area (Å²) in [5, 5.41) is 10.0. The third kappa shape index (κ3) is 3.58. The standard InChI is InChI=1S/C22H27N5O3.CH4/c1-13-19(15-3-4-16-18(9-15)30-12-24-16)26-17(10-28)21(25-13)27-7-5-22(6-8-27)11-29-14(2)20(22)23;/h3-4,9,12,14,20,28H,5-8,10-11,23H2,1-2H3;1H4/t14-,20+;/m0./s1. The van der Waals surface area contributed by atoms with Gasteiger partial charge in [0.1, 0.15) is 11.2 Å². The van der Waals surface area contributed by atoms with E-state index in [1.807, 2.05) is 25.1 Å². The van der Waals surface area contributed by atoms with E-state index in [0.717, 1.165) is 60.8 Å². The molecule has 8 heteroatoms. The molecule has 0 radical (unpaired) electrons. The maximum Gasteiger partial charge on any atom is 0.181 e. The number of rotatable bonds is 3. The van der Waals surface area contributed by atoms with Crippen molar-refractivity contribution in [1.82, 2.24) is 15.0 Å². The molecular formula is C23H31N5O3. The monoisotopic (exact) mass is 425 g/mol. The van der Waals surface area contributed by atoms with Crippen LogP contribution in [0.1, 0.15) is 38.6 Å². The van der Waals surface area contributed by atoms with Crippen LogP contribution < -0.4 is 10.6 Å². The van der Waals surface area contributed by atoms with E-state index in [-0.39, 0.29) is 31.6 Å². The van der Waals surface area contributed by atoms with Crippen LogP contribution in [0.25, 0.3) is 22.4 Å². The van der Waals surface area contributed by atoms with E-state index in [4.69, 9.17) is 24.9 Å². The fourth-order valence-electron chi connectivity index (χ4n) is 4.81. The summed E-state index contributed by atoms with van der Waals surface area (Å²) < 4.78 is 11.2. The molecule has 0 aliphatic carbocycles. The van der Waals surface area contributed by atoms with Gasteiger partial charge in [-0.15, -0.1) is 0 Å². The van der Waals surface area contributed by atoms with Gasteiger partial charge in [-0.05, 0) is 38.8 Å². The third-order valence-corrected chi connectivity index (χ3v) is 6.78. The first kappa shape index (κ1) is 21.7. The molecule has 31 heavy (non-hydrogen) atoms. The van der Waals surface area contributed by atoms with Gasteiger partial charge >= 0.3 is 0 Å². The van der Waals surface area contributed by atoms with Gasteiger partial charge in [0, 0.05) is 30.1 Å². The number of nitrogens with zero attached hydrogens (tertiary/aromatic N) is 4. The zero-order valence-electron chi connectivity index (χ0n) is 17.3. The number of benzene rings is 1. The van der Waals surface area contributed by atoms with E-state index in [2.05, 4.69) is 16.8 Å². The van der Waals surface area contributed by atoms with Gasteiger partial charge in [-0.1, -0.05) is 13.5 Å². The number of ether oxygens (including phenoxy) is 1. The molecule has 1 spiro atoms. The van der Waals surface area contributed by atoms with Crippen LogP contribution in [0.15, 0.2) is 29.0 Å². The summed E-state index contributed by atoms with van der Waals surface area (Å²) in [5.41, 5.74) is 11.0. The number of nitrogens with two attached hydrogens (primary N) is 1. The molecule has 2 aliphatic heterocycles. The quantitative estimate of drug-likeness (QED) is 0.659. The van der Waals surface area contributed by atoms with Crippen LogP contribution in [-0.2, 0) is 11.3 Å². The number of oxazole rings is 1. The summed E-state index contributed by atoms with van der Waals surface area (Å²) in [4.78, 5) is 16.0. The predicted molar refractivity (Wildman–Crippen MR) is 120 cm³/mol. The van der Waals surface area contributed by atoms with Gasteiger partial charge in [0.25, 0.3) is 0 Å². The Kier molecular flexibility index (Phi) is 5.72. The second-order valence-electron chi connectivity index (χ2n) is 8.51. The smallest absolute Gasteiger partial charge is 0.181 e. The predicted octanol–water partition coefficient (Wildman–Crippen LogP) is 3.05. The molecule has 2 saturated heterocycles. The maximum absolute atomic E-state index is 10.0. The Morgan fingerprint density at radius 3 is 2.71 bits per heavy atom. The zero-order chi connectivity index (χ0) is 20.9. The molecule has 5 rings (SSSR count). The fraction of sp³-hybridized carbons (Fsp3) is 0.522. The van der Waals surface area contributed by atoms with Crippen LogP contribution in [0.2, 0.25) is 0 Å². The molecule has 0 saturated carbocycles. The molecule has 0 bridgehead atoms. The zero-order valence-corrected chi connectivity index (χ0v) is 17.3. The Bertz CT molecular complexity index is 1070. The molecule has 1 aromatic carbocycles. The third-order valence-electron chi connectivity index (χ3n) is 6.78. The molecule has 2 atom stereocenters. The van der Waals surface area contributed by atoms with Crippen molar-refractivity contribution in [3.63, 3.8) is 0 Å². The molecular weight excluding hydrogens is 394 g/mol. The van der Waals surface area contributed by atoms with Crippen LogP contribution in [0.5, 0.6) is 0 Å². The lowest BCUT2D eigenvalue weighted by molar-refractivity contribution is 0.0973. The number of aromatic nitrogens is 3. The topological polar surface area (TPSA) is 111 Å². The van der Waals surface area contributed by atoms with Gasteiger partial charge in [-0.25, -0.2) is 15.0 Å². The van der Waals surface area contributed by atoms with E-state index in [1.165, 1.54) is 6.39 Å². The van der Waals surface area contributed by atoms with Crippen molar-refractivity contribution in [2.45, 2.75) is 52.9 Å². The highest BCUT2D eigenvalue weighted by Gasteiger charge is 2.47. The Balaban J connectivity index is 0.00000231. The van der Waals surface area contributed by atoms with Crippen molar-refractivity contribution in [1.29, 1.82) is 0 Å². The van der Waals surface area contributed by atoms with E-state index >= 15 is 0 Å². The van der Waals surface area contributed by atoms with Crippen molar-refractivity contribution in [2.75, 3.05) is 24.6 Å². The molecule has 3 aromatic rings. The summed E-state index contributed by atoms with van der Waals surface area (Å²) >= 11 is 0. The Labute approximate surface area is 182 Å². The summed E-state index contributed by atoms with van der Waals surface area (Å²) in [6.45, 7) is 6.22. The minimum atomic E-state index is -0.165. The number of aryl methyl sites for hydroxylation is 1. The Hall–Kier alpha value is -2.55. The summed E-state index contributed by atoms with van der Waals surface area (Å²) in [6, 6.07) is 5.83. The van der Waals surface area contributed by atoms with Crippen LogP contribution in [0, 0.1) is 12.3 Å². The molecule has 0 amide bonds. The molecule has 8 nitrogen and oxygen atoms in total. The maximum atomic E-state index is 10.0. The molecule has 4 heterocycles. The van der Waals surface area contributed by atoms with Gasteiger partial charge in [-0.3, -0.25) is 0 Å². The molecule has 2 fully saturated rings. The second-order valence-corrected chi connectivity index (χ2v) is 8.51. The highest BCUT2D eigenvalue weighted by atomic mass is 16.5. The minimum Gasteiger partial charge on any atom is -0.443 e. The summed E-state index contributed by atoms with van der Waals surface area (Å²) in [6.07, 6.45) is 3.44. The number of piperidine rings is 1. The number of fused-ring (bicyclic) bond motifs is 1. The largest absolute Gasteiger partial charge is 0.443 e. The van der Waals surface area contributed by atoms with Crippen molar-refractivity contribution in [3.8, 4) is 11.3 Å². The lowest BCUT2D eigenvalue weighted by Crippen LogP contribution is -2.51. The van der Waals surface area contributed by atoms with Crippen LogP contribution in [0.4, 0.5) is 5.82 Å². The molecule has 3 N–H and O–H groups in total.